The maximum absolute atomic E-state index is 11.3. The van der Waals surface area contributed by atoms with Gasteiger partial charge in [-0.05, 0) is 18.9 Å². The Morgan fingerprint density at radius 2 is 2.28 bits per heavy atom. The van der Waals surface area contributed by atoms with Gasteiger partial charge in [0.1, 0.15) is 6.61 Å². The van der Waals surface area contributed by atoms with Gasteiger partial charge in [-0.1, -0.05) is 0 Å². The molecular weight excluding hydrogens is 234 g/mol. The Morgan fingerprint density at radius 3 is 2.89 bits per heavy atom. The summed E-state index contributed by atoms with van der Waals surface area (Å²) in [6.07, 6.45) is 3.71. The molecule has 1 aromatic rings. The number of hydrogen-bond donors (Lipinski definition) is 1. The van der Waals surface area contributed by atoms with Crippen molar-refractivity contribution >= 4 is 5.91 Å². The number of methoxy groups -OCH3 is 1. The molecule has 0 aromatic carbocycles. The van der Waals surface area contributed by atoms with E-state index < -0.39 is 6.61 Å². The highest BCUT2D eigenvalue weighted by Crippen LogP contribution is 2.22. The molecule has 0 atom stereocenters. The van der Waals surface area contributed by atoms with E-state index in [9.17, 15) is 4.79 Å². The van der Waals surface area contributed by atoms with Crippen molar-refractivity contribution in [1.82, 2.24) is 14.7 Å². The van der Waals surface area contributed by atoms with E-state index in [0.717, 1.165) is 18.5 Å². The van der Waals surface area contributed by atoms with E-state index >= 15 is 0 Å². The number of carbonyl (C=O) groups is 1. The summed E-state index contributed by atoms with van der Waals surface area (Å²) in [4.78, 5) is 13.0. The van der Waals surface area contributed by atoms with Crippen LogP contribution in [0.25, 0.3) is 0 Å². The highest BCUT2D eigenvalue weighted by molar-refractivity contribution is 5.77. The van der Waals surface area contributed by atoms with E-state index in [1.165, 1.54) is 0 Å². The van der Waals surface area contributed by atoms with Gasteiger partial charge < -0.3 is 14.7 Å². The number of ether oxygens (including phenoxy) is 1. The van der Waals surface area contributed by atoms with Crippen LogP contribution in [0.15, 0.2) is 12.3 Å². The molecule has 0 aliphatic carbocycles. The Labute approximate surface area is 106 Å². The molecule has 1 saturated heterocycles. The van der Waals surface area contributed by atoms with Crippen molar-refractivity contribution in [2.24, 2.45) is 0 Å². The lowest BCUT2D eigenvalue weighted by atomic mass is 10.1. The number of aliphatic hydroxyl groups excluding tert-OH is 1. The van der Waals surface area contributed by atoms with Crippen molar-refractivity contribution in [1.29, 1.82) is 0 Å². The molecule has 0 spiro atoms. The average molecular weight is 253 g/mol. The largest absolute Gasteiger partial charge is 0.387 e. The molecule has 100 valence electrons. The number of hydrogen-bond acceptors (Lipinski definition) is 4. The first kappa shape index (κ1) is 13.0. The predicted octanol–water partition coefficient (Wildman–Crippen LogP) is 0.185. The molecule has 1 fully saturated rings. The van der Waals surface area contributed by atoms with Gasteiger partial charge in [0.2, 0.25) is 5.91 Å². The minimum Gasteiger partial charge on any atom is -0.387 e. The van der Waals surface area contributed by atoms with E-state index in [-0.39, 0.29) is 5.91 Å². The summed E-state index contributed by atoms with van der Waals surface area (Å²) in [6, 6.07) is 2.28. The maximum Gasteiger partial charge on any atom is 0.248 e. The smallest absolute Gasteiger partial charge is 0.248 e. The lowest BCUT2D eigenvalue weighted by Crippen LogP contribution is -2.40. The first-order valence-electron chi connectivity index (χ1n) is 6.16. The second-order valence-electron chi connectivity index (χ2n) is 4.49. The predicted molar refractivity (Wildman–Crippen MR) is 64.9 cm³/mol. The van der Waals surface area contributed by atoms with E-state index in [1.54, 1.807) is 12.0 Å². The molecule has 2 rings (SSSR count). The zero-order chi connectivity index (χ0) is 13.0. The molecule has 6 nitrogen and oxygen atoms in total. The zero-order valence-electron chi connectivity index (χ0n) is 10.6. The molecule has 0 unspecified atom stereocenters. The number of nitrogens with zero attached hydrogens (tertiary/aromatic N) is 3. The molecule has 18 heavy (non-hydrogen) atoms. The molecule has 0 saturated carbocycles. The third-order valence-electron chi connectivity index (χ3n) is 3.28. The summed E-state index contributed by atoms with van der Waals surface area (Å²) in [6.45, 7) is 1.49. The second kappa shape index (κ2) is 5.97. The molecule has 1 amide bonds. The first-order chi connectivity index (χ1) is 8.74. The number of aromatic nitrogens is 2. The van der Waals surface area contributed by atoms with Crippen LogP contribution in [-0.4, -0.2) is 52.5 Å². The molecule has 1 aromatic heterocycles. The summed E-state index contributed by atoms with van der Waals surface area (Å²) >= 11 is 0. The van der Waals surface area contributed by atoms with E-state index in [4.69, 9.17) is 9.84 Å². The Bertz CT molecular complexity index is 397. The molecule has 2 heterocycles. The maximum atomic E-state index is 11.3. The number of rotatable bonds is 4. The van der Waals surface area contributed by atoms with Gasteiger partial charge >= 0.3 is 0 Å². The van der Waals surface area contributed by atoms with E-state index in [2.05, 4.69) is 5.10 Å². The Balaban J connectivity index is 1.90. The molecule has 6 heteroatoms. The van der Waals surface area contributed by atoms with Crippen LogP contribution in [0.1, 0.15) is 24.6 Å². The average Bonchev–Trinajstić information content (AvgIpc) is 2.87. The number of amides is 1. The van der Waals surface area contributed by atoms with Crippen LogP contribution in [0.3, 0.4) is 0 Å². The number of carbonyl (C=O) groups excluding carboxylic acids is 1. The van der Waals surface area contributed by atoms with Gasteiger partial charge in [0.05, 0.1) is 18.3 Å². The normalized spacial score (nSPS) is 17.1. The van der Waals surface area contributed by atoms with Gasteiger partial charge in [-0.25, -0.2) is 0 Å². The highest BCUT2D eigenvalue weighted by atomic mass is 16.5. The Hall–Kier alpha value is -1.40. The fourth-order valence-electron chi connectivity index (χ4n) is 2.29. The van der Waals surface area contributed by atoms with Crippen LogP contribution in [0.4, 0.5) is 0 Å². The summed E-state index contributed by atoms with van der Waals surface area (Å²) in [5, 5.41) is 13.3. The number of piperidine rings is 1. The third-order valence-corrected chi connectivity index (χ3v) is 3.28. The van der Waals surface area contributed by atoms with Gasteiger partial charge in [-0.15, -0.1) is 0 Å². The van der Waals surface area contributed by atoms with E-state index in [1.807, 2.05) is 16.9 Å². The molecule has 0 radical (unpaired) electrons. The Morgan fingerprint density at radius 1 is 1.56 bits per heavy atom. The number of likely N-dealkylation sites (tertiary alicyclic amines) is 1. The summed E-state index contributed by atoms with van der Waals surface area (Å²) in [5.41, 5.74) is 0.923. The molecular formula is C12H19N3O3. The van der Waals surface area contributed by atoms with Crippen LogP contribution in [0, 0.1) is 0 Å². The van der Waals surface area contributed by atoms with Gasteiger partial charge in [-0.2, -0.15) is 5.10 Å². The van der Waals surface area contributed by atoms with Crippen LogP contribution in [-0.2, 0) is 16.1 Å². The molecule has 1 aliphatic heterocycles. The topological polar surface area (TPSA) is 67.6 Å². The fraction of sp³-hybridized carbons (Fsp3) is 0.667. The van der Waals surface area contributed by atoms with Crippen molar-refractivity contribution in [2.75, 3.05) is 26.8 Å². The van der Waals surface area contributed by atoms with Crippen molar-refractivity contribution in [2.45, 2.75) is 25.5 Å². The van der Waals surface area contributed by atoms with Gasteiger partial charge in [0, 0.05) is 26.4 Å². The summed E-state index contributed by atoms with van der Waals surface area (Å²) in [5.74, 6) is -0.186. The molecule has 0 bridgehead atoms. The Kier molecular flexibility index (Phi) is 4.33. The van der Waals surface area contributed by atoms with Crippen LogP contribution >= 0.6 is 0 Å². The summed E-state index contributed by atoms with van der Waals surface area (Å²) in [7, 11) is 1.65. The SMILES string of the molecule is COCc1ccn(C2CCN(C(=O)CO)CC2)n1. The van der Waals surface area contributed by atoms with Crippen LogP contribution < -0.4 is 0 Å². The van der Waals surface area contributed by atoms with Crippen molar-refractivity contribution in [3.05, 3.63) is 18.0 Å². The van der Waals surface area contributed by atoms with Gasteiger partial charge in [0.15, 0.2) is 0 Å². The van der Waals surface area contributed by atoms with Crippen molar-refractivity contribution in [3.8, 4) is 0 Å². The highest BCUT2D eigenvalue weighted by Gasteiger charge is 2.23. The monoisotopic (exact) mass is 253 g/mol. The zero-order valence-corrected chi connectivity index (χ0v) is 10.6. The third kappa shape index (κ3) is 2.88. The van der Waals surface area contributed by atoms with Gasteiger partial charge in [0.25, 0.3) is 0 Å². The standard InChI is InChI=1S/C12H19N3O3/c1-18-9-10-2-7-15(13-10)11-3-5-14(6-4-11)12(17)8-16/h2,7,11,16H,3-6,8-9H2,1H3. The molecule has 1 N–H and O–H groups in total. The van der Waals surface area contributed by atoms with Crippen molar-refractivity contribution < 1.29 is 14.6 Å². The van der Waals surface area contributed by atoms with E-state index in [0.29, 0.717) is 25.7 Å². The number of aliphatic hydroxyl groups is 1. The first-order valence-corrected chi connectivity index (χ1v) is 6.16. The minimum absolute atomic E-state index is 0.186. The lowest BCUT2D eigenvalue weighted by molar-refractivity contribution is -0.135. The molecule has 1 aliphatic rings. The van der Waals surface area contributed by atoms with Crippen LogP contribution in [0.5, 0.6) is 0 Å². The fourth-order valence-corrected chi connectivity index (χ4v) is 2.29. The quantitative estimate of drug-likeness (QED) is 0.831. The van der Waals surface area contributed by atoms with Crippen molar-refractivity contribution in [3.63, 3.8) is 0 Å². The second-order valence-corrected chi connectivity index (χ2v) is 4.49. The van der Waals surface area contributed by atoms with Crippen LogP contribution in [0.2, 0.25) is 0 Å². The minimum atomic E-state index is -0.398. The summed E-state index contributed by atoms with van der Waals surface area (Å²) < 4.78 is 6.99. The lowest BCUT2D eigenvalue weighted by Gasteiger charge is -2.31. The van der Waals surface area contributed by atoms with Gasteiger partial charge in [-0.3, -0.25) is 9.48 Å².